The minimum Gasteiger partial charge on any atom is -0.481 e. The van der Waals surface area contributed by atoms with E-state index >= 15 is 0 Å². The maximum absolute atomic E-state index is 13.0. The van der Waals surface area contributed by atoms with Crippen LogP contribution in [0.4, 0.5) is 5.69 Å². The molecule has 0 aliphatic carbocycles. The number of hydrogen-bond donors (Lipinski definition) is 1. The summed E-state index contributed by atoms with van der Waals surface area (Å²) in [5.74, 6) is 0.971. The van der Waals surface area contributed by atoms with E-state index < -0.39 is 6.10 Å². The van der Waals surface area contributed by atoms with Crippen LogP contribution in [0.1, 0.15) is 63.4 Å². The van der Waals surface area contributed by atoms with E-state index in [-0.39, 0.29) is 17.2 Å². The summed E-state index contributed by atoms with van der Waals surface area (Å²) in [4.78, 5) is 27.7. The average molecular weight is 423 g/mol. The van der Waals surface area contributed by atoms with Crippen molar-refractivity contribution in [3.05, 3.63) is 59.7 Å². The fourth-order valence-corrected chi connectivity index (χ4v) is 3.69. The van der Waals surface area contributed by atoms with Gasteiger partial charge in [0.05, 0.1) is 11.3 Å². The summed E-state index contributed by atoms with van der Waals surface area (Å²) in [5.41, 5.74) is 2.31. The van der Waals surface area contributed by atoms with E-state index in [0.29, 0.717) is 22.9 Å². The Kier molecular flexibility index (Phi) is 7.04. The van der Waals surface area contributed by atoms with E-state index in [2.05, 4.69) is 33.0 Å². The lowest BCUT2D eigenvalue weighted by molar-refractivity contribution is -0.122. The Hall–Kier alpha value is -2.82. The molecule has 0 bridgehead atoms. The molecule has 166 valence electrons. The first-order valence-corrected chi connectivity index (χ1v) is 11.1. The molecule has 1 unspecified atom stereocenters. The summed E-state index contributed by atoms with van der Waals surface area (Å²) in [5, 5.41) is 2.88. The smallest absolute Gasteiger partial charge is 0.265 e. The van der Waals surface area contributed by atoms with Crippen LogP contribution in [0.2, 0.25) is 0 Å². The van der Waals surface area contributed by atoms with Gasteiger partial charge < -0.3 is 15.0 Å². The monoisotopic (exact) mass is 422 g/mol. The first-order chi connectivity index (χ1) is 14.6. The molecule has 1 N–H and O–H groups in total. The summed E-state index contributed by atoms with van der Waals surface area (Å²) in [6.45, 7) is 11.9. The van der Waals surface area contributed by atoms with Crippen molar-refractivity contribution in [3.63, 3.8) is 0 Å². The van der Waals surface area contributed by atoms with Crippen molar-refractivity contribution in [3.8, 4) is 5.75 Å². The van der Waals surface area contributed by atoms with Crippen molar-refractivity contribution in [2.75, 3.05) is 18.4 Å². The van der Waals surface area contributed by atoms with Crippen LogP contribution in [0.5, 0.6) is 5.75 Å². The molecule has 1 aliphatic rings. The van der Waals surface area contributed by atoms with Crippen molar-refractivity contribution in [1.29, 1.82) is 0 Å². The molecule has 1 aliphatic heterocycles. The second-order valence-electron chi connectivity index (χ2n) is 9.54. The van der Waals surface area contributed by atoms with Crippen molar-refractivity contribution < 1.29 is 14.3 Å². The summed E-state index contributed by atoms with van der Waals surface area (Å²) >= 11 is 0. The van der Waals surface area contributed by atoms with E-state index in [9.17, 15) is 9.59 Å². The van der Waals surface area contributed by atoms with Crippen LogP contribution in [0, 0.1) is 5.92 Å². The van der Waals surface area contributed by atoms with Crippen LogP contribution in [0.15, 0.2) is 48.5 Å². The summed E-state index contributed by atoms with van der Waals surface area (Å²) in [7, 11) is 0. The third kappa shape index (κ3) is 5.87. The molecule has 1 saturated heterocycles. The van der Waals surface area contributed by atoms with Crippen molar-refractivity contribution in [2.24, 2.45) is 5.92 Å². The molecule has 0 saturated carbocycles. The summed E-state index contributed by atoms with van der Waals surface area (Å²) in [6.07, 6.45) is 1.33. The van der Waals surface area contributed by atoms with Gasteiger partial charge in [0.25, 0.3) is 11.8 Å². The van der Waals surface area contributed by atoms with Crippen LogP contribution < -0.4 is 10.1 Å². The molecule has 0 radical (unpaired) electrons. The quantitative estimate of drug-likeness (QED) is 0.715. The molecule has 1 atom stereocenters. The molecular formula is C26H34N2O3. The molecule has 2 aromatic rings. The fraction of sp³-hybridized carbons (Fsp3) is 0.462. The number of anilines is 1. The second-order valence-corrected chi connectivity index (χ2v) is 9.54. The van der Waals surface area contributed by atoms with Gasteiger partial charge in [0.15, 0.2) is 6.10 Å². The molecule has 5 heteroatoms. The molecule has 0 spiro atoms. The third-order valence-electron chi connectivity index (χ3n) is 5.89. The van der Waals surface area contributed by atoms with Gasteiger partial charge >= 0.3 is 0 Å². The molecule has 2 aromatic carbocycles. The zero-order chi connectivity index (χ0) is 22.6. The van der Waals surface area contributed by atoms with Crippen LogP contribution in [-0.2, 0) is 10.2 Å². The highest BCUT2D eigenvalue weighted by Crippen LogP contribution is 2.25. The number of amides is 2. The first kappa shape index (κ1) is 22.9. The number of nitrogens with one attached hydrogen (secondary N) is 1. The Morgan fingerprint density at radius 2 is 1.65 bits per heavy atom. The van der Waals surface area contributed by atoms with Crippen LogP contribution in [0.3, 0.4) is 0 Å². The molecule has 1 fully saturated rings. The lowest BCUT2D eigenvalue weighted by atomic mass is 9.87. The van der Waals surface area contributed by atoms with E-state index in [1.807, 2.05) is 41.3 Å². The van der Waals surface area contributed by atoms with Gasteiger partial charge in [-0.3, -0.25) is 9.59 Å². The fourth-order valence-electron chi connectivity index (χ4n) is 3.69. The van der Waals surface area contributed by atoms with Crippen molar-refractivity contribution in [1.82, 2.24) is 4.90 Å². The van der Waals surface area contributed by atoms with Crippen LogP contribution in [0.25, 0.3) is 0 Å². The Morgan fingerprint density at radius 3 is 2.26 bits per heavy atom. The molecule has 0 aromatic heterocycles. The minimum atomic E-state index is -0.695. The largest absolute Gasteiger partial charge is 0.481 e. The van der Waals surface area contributed by atoms with Crippen molar-refractivity contribution in [2.45, 2.75) is 59.0 Å². The number of ether oxygens (including phenoxy) is 1. The Morgan fingerprint density at radius 1 is 1.03 bits per heavy atom. The Labute approximate surface area is 185 Å². The molecule has 3 rings (SSSR count). The number of hydrogen-bond acceptors (Lipinski definition) is 3. The number of piperidine rings is 1. The highest BCUT2D eigenvalue weighted by molar-refractivity contribution is 6.04. The van der Waals surface area contributed by atoms with E-state index in [4.69, 9.17) is 4.74 Å². The predicted molar refractivity (Wildman–Crippen MR) is 125 cm³/mol. The zero-order valence-corrected chi connectivity index (χ0v) is 19.3. The van der Waals surface area contributed by atoms with Crippen molar-refractivity contribution >= 4 is 17.5 Å². The Bertz CT molecular complexity index is 907. The molecule has 2 amide bonds. The normalized spacial score (nSPS) is 16.0. The van der Waals surface area contributed by atoms with Gasteiger partial charge in [0.1, 0.15) is 5.75 Å². The number of carbonyl (C=O) groups is 2. The summed E-state index contributed by atoms with van der Waals surface area (Å²) < 4.78 is 5.84. The van der Waals surface area contributed by atoms with Gasteiger partial charge in [-0.25, -0.2) is 0 Å². The molecule has 1 heterocycles. The van der Waals surface area contributed by atoms with E-state index in [0.717, 1.165) is 25.9 Å². The standard InChI is InChI=1S/C26H34N2O3/c1-18-14-16-28(17-15-18)25(30)22-8-6-7-9-23(22)27-24(29)19(2)31-21-12-10-20(11-13-21)26(3,4)5/h6-13,18-19H,14-17H2,1-5H3,(H,27,29). The number of carbonyl (C=O) groups excluding carboxylic acids is 2. The predicted octanol–water partition coefficient (Wildman–Crippen LogP) is 5.26. The van der Waals surface area contributed by atoms with Gasteiger partial charge in [0, 0.05) is 13.1 Å². The lowest BCUT2D eigenvalue weighted by Gasteiger charge is -2.31. The molecular weight excluding hydrogens is 388 g/mol. The van der Waals surface area contributed by atoms with Gasteiger partial charge in [-0.05, 0) is 60.9 Å². The zero-order valence-electron chi connectivity index (χ0n) is 19.3. The first-order valence-electron chi connectivity index (χ1n) is 11.1. The molecule has 31 heavy (non-hydrogen) atoms. The second kappa shape index (κ2) is 9.54. The molecule has 5 nitrogen and oxygen atoms in total. The highest BCUT2D eigenvalue weighted by Gasteiger charge is 2.24. The van der Waals surface area contributed by atoms with E-state index in [1.54, 1.807) is 19.1 Å². The highest BCUT2D eigenvalue weighted by atomic mass is 16.5. The van der Waals surface area contributed by atoms with Gasteiger partial charge in [-0.15, -0.1) is 0 Å². The van der Waals surface area contributed by atoms with E-state index in [1.165, 1.54) is 5.56 Å². The summed E-state index contributed by atoms with van der Waals surface area (Å²) in [6, 6.07) is 15.0. The van der Waals surface area contributed by atoms with Gasteiger partial charge in [0.2, 0.25) is 0 Å². The topological polar surface area (TPSA) is 58.6 Å². The number of para-hydroxylation sites is 1. The maximum Gasteiger partial charge on any atom is 0.265 e. The number of rotatable bonds is 5. The number of nitrogens with zero attached hydrogens (tertiary/aromatic N) is 1. The average Bonchev–Trinajstić information content (AvgIpc) is 2.74. The van der Waals surface area contributed by atoms with Gasteiger partial charge in [-0.2, -0.15) is 0 Å². The van der Waals surface area contributed by atoms with Crippen LogP contribution in [-0.4, -0.2) is 35.9 Å². The SMILES string of the molecule is CC1CCN(C(=O)c2ccccc2NC(=O)C(C)Oc2ccc(C(C)(C)C)cc2)CC1. The maximum atomic E-state index is 13.0. The Balaban J connectivity index is 1.65. The van der Waals surface area contributed by atoms with Crippen LogP contribution >= 0.6 is 0 Å². The number of benzene rings is 2. The number of likely N-dealkylation sites (tertiary alicyclic amines) is 1. The lowest BCUT2D eigenvalue weighted by Crippen LogP contribution is -2.38. The van der Waals surface area contributed by atoms with Gasteiger partial charge in [-0.1, -0.05) is 52.0 Å². The minimum absolute atomic E-state index is 0.0332. The third-order valence-corrected chi connectivity index (χ3v) is 5.89.